The van der Waals surface area contributed by atoms with Crippen molar-refractivity contribution >= 4 is 5.91 Å². The van der Waals surface area contributed by atoms with Crippen LogP contribution in [0.2, 0.25) is 0 Å². The minimum Gasteiger partial charge on any atom is -0.394 e. The van der Waals surface area contributed by atoms with Gasteiger partial charge in [0.1, 0.15) is 42.7 Å². The highest BCUT2D eigenvalue weighted by atomic mass is 17.2. The molecule has 10 atom stereocenters. The standard InChI is InChI=1S/C15H27NO12/c1-5(18)16-8-10(20)13(6(3-17)25-14(8)23)27-15-12(22)11(21)9(19)7(26-15)4-28(2)24/h6-15,17,19-24H,3-4H2,1-2H3/p+1/t6-,7-,8-,9+,10-,11+,12-,13-,14-,15+/m1/s1. The van der Waals surface area contributed by atoms with E-state index in [9.17, 15) is 40.7 Å². The Morgan fingerprint density at radius 2 is 1.68 bits per heavy atom. The molecule has 28 heavy (non-hydrogen) atoms. The van der Waals surface area contributed by atoms with Gasteiger partial charge < -0.3 is 50.2 Å². The molecule has 2 heterocycles. The number of aliphatic hydroxyl groups is 6. The van der Waals surface area contributed by atoms with Crippen LogP contribution in [0.5, 0.6) is 0 Å². The predicted octanol–water partition coefficient (Wildman–Crippen LogP) is -4.59. The van der Waals surface area contributed by atoms with E-state index in [-0.39, 0.29) is 6.61 Å². The average Bonchev–Trinajstić information content (AvgIpc) is 2.61. The zero-order valence-corrected chi connectivity index (χ0v) is 15.4. The van der Waals surface area contributed by atoms with Crippen LogP contribution < -0.4 is 5.32 Å². The molecule has 13 heteroatoms. The van der Waals surface area contributed by atoms with Crippen molar-refractivity contribution in [2.24, 2.45) is 0 Å². The summed E-state index contributed by atoms with van der Waals surface area (Å²) in [4.78, 5) is 11.3. The molecule has 0 unspecified atom stereocenters. The van der Waals surface area contributed by atoms with E-state index in [1.807, 2.05) is 0 Å². The molecular weight excluding hydrogens is 386 g/mol. The molecular formula is C15H28NO12+. The summed E-state index contributed by atoms with van der Waals surface area (Å²) in [5.41, 5.74) is 0. The number of hydrogen-bond acceptors (Lipinski definition) is 11. The molecule has 2 fully saturated rings. The number of aliphatic hydroxyl groups excluding tert-OH is 6. The van der Waals surface area contributed by atoms with Gasteiger partial charge in [-0.25, -0.2) is 4.52 Å². The first-order chi connectivity index (χ1) is 13.1. The molecule has 2 aliphatic rings. The van der Waals surface area contributed by atoms with Crippen molar-refractivity contribution in [3.63, 3.8) is 0 Å². The fourth-order valence-electron chi connectivity index (χ4n) is 3.20. The topological polar surface area (TPSA) is 201 Å². The summed E-state index contributed by atoms with van der Waals surface area (Å²) >= 11 is 0. The minimum atomic E-state index is -1.74. The van der Waals surface area contributed by atoms with Gasteiger partial charge in [-0.15, -0.1) is 5.26 Å². The highest BCUT2D eigenvalue weighted by Gasteiger charge is 2.51. The van der Waals surface area contributed by atoms with Gasteiger partial charge in [0.2, 0.25) is 12.5 Å². The van der Waals surface area contributed by atoms with Gasteiger partial charge in [-0.2, -0.15) is 0 Å². The largest absolute Gasteiger partial charge is 0.394 e. The number of carbonyl (C=O) groups excluding carboxylic acids is 1. The van der Waals surface area contributed by atoms with E-state index < -0.39 is 73.9 Å². The van der Waals surface area contributed by atoms with Crippen LogP contribution in [-0.2, 0) is 23.5 Å². The number of carbonyl (C=O) groups is 1. The lowest BCUT2D eigenvalue weighted by Gasteiger charge is -2.46. The van der Waals surface area contributed by atoms with Crippen LogP contribution in [-0.4, -0.2) is 123 Å². The third-order valence-electron chi connectivity index (χ3n) is 4.61. The Kier molecular flexibility index (Phi) is 8.06. The molecule has 164 valence electrons. The Morgan fingerprint density at radius 1 is 1.04 bits per heavy atom. The molecule has 2 aliphatic heterocycles. The van der Waals surface area contributed by atoms with Crippen molar-refractivity contribution in [2.45, 2.75) is 68.3 Å². The van der Waals surface area contributed by atoms with Gasteiger partial charge in [-0.3, -0.25) is 4.79 Å². The Balaban J connectivity index is 2.17. The van der Waals surface area contributed by atoms with E-state index in [1.165, 1.54) is 11.6 Å². The van der Waals surface area contributed by atoms with Crippen molar-refractivity contribution in [3.8, 4) is 0 Å². The molecule has 13 nitrogen and oxygen atoms in total. The van der Waals surface area contributed by atoms with Crippen LogP contribution in [0.1, 0.15) is 6.92 Å². The normalized spacial score (nSPS) is 44.5. The number of amides is 1. The van der Waals surface area contributed by atoms with Crippen molar-refractivity contribution in [3.05, 3.63) is 0 Å². The van der Waals surface area contributed by atoms with E-state index in [4.69, 9.17) is 14.2 Å². The molecule has 0 aromatic rings. The molecule has 0 aromatic carbocycles. The maximum atomic E-state index is 11.3. The van der Waals surface area contributed by atoms with Gasteiger partial charge in [0, 0.05) is 6.92 Å². The molecule has 0 aromatic heterocycles. The SMILES string of the molecule is CC(=O)N[C@@H]1[C@@H](O)[C@H](O[C@@H]2O[C@H](C[O+](C)O)[C@H](O)[C@H](O)[C@H]2O)[C@@H](CO)O[C@H]1O. The van der Waals surface area contributed by atoms with E-state index in [1.54, 1.807) is 0 Å². The van der Waals surface area contributed by atoms with Crippen molar-refractivity contribution in [1.82, 2.24) is 5.32 Å². The summed E-state index contributed by atoms with van der Waals surface area (Å²) in [5, 5.41) is 71.6. The van der Waals surface area contributed by atoms with E-state index in [0.717, 1.165) is 6.92 Å². The second kappa shape index (κ2) is 9.69. The summed E-state index contributed by atoms with van der Waals surface area (Å²) in [5.74, 6) is -0.566. The molecule has 1 amide bonds. The summed E-state index contributed by atoms with van der Waals surface area (Å²) < 4.78 is 17.5. The van der Waals surface area contributed by atoms with E-state index >= 15 is 0 Å². The second-order valence-electron chi connectivity index (χ2n) is 6.85. The third kappa shape index (κ3) is 5.14. The smallest absolute Gasteiger partial charge is 0.217 e. The minimum absolute atomic E-state index is 0.314. The number of rotatable bonds is 6. The number of hydrogen-bond donors (Lipinski definition) is 8. The van der Waals surface area contributed by atoms with Gasteiger partial charge in [-0.05, 0) is 0 Å². The monoisotopic (exact) mass is 414 g/mol. The predicted molar refractivity (Wildman–Crippen MR) is 87.6 cm³/mol. The molecule has 0 radical (unpaired) electrons. The maximum Gasteiger partial charge on any atom is 0.217 e. The average molecular weight is 414 g/mol. The summed E-state index contributed by atoms with van der Waals surface area (Å²) in [6, 6.07) is -1.29. The van der Waals surface area contributed by atoms with Crippen LogP contribution in [0.25, 0.3) is 0 Å². The van der Waals surface area contributed by atoms with E-state index in [0.29, 0.717) is 0 Å². The lowest BCUT2D eigenvalue weighted by Crippen LogP contribution is -2.67. The zero-order chi connectivity index (χ0) is 21.2. The quantitative estimate of drug-likeness (QED) is 0.118. The van der Waals surface area contributed by atoms with Gasteiger partial charge in [0.05, 0.1) is 6.61 Å². The van der Waals surface area contributed by atoms with Crippen LogP contribution in [0.3, 0.4) is 0 Å². The highest BCUT2D eigenvalue weighted by molar-refractivity contribution is 5.73. The van der Waals surface area contributed by atoms with Crippen LogP contribution >= 0.6 is 0 Å². The lowest BCUT2D eigenvalue weighted by molar-refractivity contribution is -0.432. The van der Waals surface area contributed by atoms with Gasteiger partial charge in [0.15, 0.2) is 25.8 Å². The molecule has 0 spiro atoms. The first kappa shape index (κ1) is 23.3. The van der Waals surface area contributed by atoms with E-state index in [2.05, 4.69) is 5.32 Å². The summed E-state index contributed by atoms with van der Waals surface area (Å²) in [6.45, 7) is 0.163. The van der Waals surface area contributed by atoms with Crippen LogP contribution in [0.15, 0.2) is 0 Å². The molecule has 2 saturated heterocycles. The molecule has 0 aliphatic carbocycles. The molecule has 0 saturated carbocycles. The summed E-state index contributed by atoms with van der Waals surface area (Å²) in [6.07, 6.45) is -13.6. The summed E-state index contributed by atoms with van der Waals surface area (Å²) in [7, 11) is 1.20. The van der Waals surface area contributed by atoms with Gasteiger partial charge >= 0.3 is 0 Å². The van der Waals surface area contributed by atoms with Gasteiger partial charge in [-0.1, -0.05) is 0 Å². The Morgan fingerprint density at radius 3 is 2.21 bits per heavy atom. The zero-order valence-electron chi connectivity index (χ0n) is 15.4. The first-order valence-electron chi connectivity index (χ1n) is 8.63. The maximum absolute atomic E-state index is 11.3. The molecule has 2 rings (SSSR count). The number of nitrogens with one attached hydrogen (secondary N) is 1. The third-order valence-corrected chi connectivity index (χ3v) is 4.61. The Bertz CT molecular complexity index is 521. The van der Waals surface area contributed by atoms with Gasteiger partial charge in [0.25, 0.3) is 0 Å². The fourth-order valence-corrected chi connectivity index (χ4v) is 3.20. The lowest BCUT2D eigenvalue weighted by atomic mass is 9.95. The number of ether oxygens (including phenoxy) is 3. The first-order valence-corrected chi connectivity index (χ1v) is 8.63. The van der Waals surface area contributed by atoms with Crippen molar-refractivity contribution < 1.29 is 59.4 Å². The van der Waals surface area contributed by atoms with Crippen LogP contribution in [0, 0.1) is 0 Å². The van der Waals surface area contributed by atoms with Crippen LogP contribution in [0.4, 0.5) is 0 Å². The second-order valence-corrected chi connectivity index (χ2v) is 6.85. The van der Waals surface area contributed by atoms with Crippen molar-refractivity contribution in [1.29, 1.82) is 0 Å². The highest BCUT2D eigenvalue weighted by Crippen LogP contribution is 2.29. The van der Waals surface area contributed by atoms with Crippen molar-refractivity contribution in [2.75, 3.05) is 20.3 Å². The fraction of sp³-hybridized carbons (Fsp3) is 0.933. The Hall–Kier alpha value is -0.970. The molecule has 8 N–H and O–H groups in total. The Labute approximate surface area is 160 Å². The molecule has 0 bridgehead atoms.